The van der Waals surface area contributed by atoms with Crippen molar-refractivity contribution in [2.24, 2.45) is 0 Å². The smallest absolute Gasteiger partial charge is 0.203 e. The molecule has 5 nitrogen and oxygen atoms in total. The van der Waals surface area contributed by atoms with Crippen LogP contribution in [0, 0.1) is 0 Å². The van der Waals surface area contributed by atoms with Gasteiger partial charge in [0.2, 0.25) is 5.65 Å². The zero-order valence-corrected chi connectivity index (χ0v) is 9.09. The van der Waals surface area contributed by atoms with Gasteiger partial charge >= 0.3 is 0 Å². The molecule has 2 aromatic rings. The molecule has 0 spiro atoms. The first-order valence-corrected chi connectivity index (χ1v) is 5.34. The first kappa shape index (κ1) is 9.33. The summed E-state index contributed by atoms with van der Waals surface area (Å²) in [5.41, 5.74) is 0.830. The average Bonchev–Trinajstić information content (AvgIpc) is 2.87. The normalized spacial score (nSPS) is 18.1. The van der Waals surface area contributed by atoms with E-state index in [4.69, 9.17) is 0 Å². The van der Waals surface area contributed by atoms with Crippen LogP contribution in [0.3, 0.4) is 0 Å². The van der Waals surface area contributed by atoms with Crippen LogP contribution in [-0.4, -0.2) is 25.1 Å². The van der Waals surface area contributed by atoms with Crippen molar-refractivity contribution in [2.75, 3.05) is 5.32 Å². The predicted octanol–water partition coefficient (Wildman–Crippen LogP) is 1.64. The summed E-state index contributed by atoms with van der Waals surface area (Å²) in [6.07, 6.45) is 11.7. The number of hydrogen-bond acceptors (Lipinski definition) is 4. The van der Waals surface area contributed by atoms with Crippen LogP contribution in [0.2, 0.25) is 0 Å². The molecule has 0 amide bonds. The van der Waals surface area contributed by atoms with Crippen LogP contribution in [0.15, 0.2) is 30.9 Å². The van der Waals surface area contributed by atoms with Crippen LogP contribution in [0.25, 0.3) is 5.65 Å². The van der Waals surface area contributed by atoms with Gasteiger partial charge in [-0.25, -0.2) is 4.98 Å². The summed E-state index contributed by atoms with van der Waals surface area (Å²) in [5, 5.41) is 11.4. The van der Waals surface area contributed by atoms with Crippen LogP contribution in [0.4, 0.5) is 5.82 Å². The van der Waals surface area contributed by atoms with Gasteiger partial charge in [0.05, 0.1) is 0 Å². The van der Waals surface area contributed by atoms with E-state index in [2.05, 4.69) is 39.6 Å². The molecule has 0 aromatic carbocycles. The largest absolute Gasteiger partial charge is 0.361 e. The van der Waals surface area contributed by atoms with Gasteiger partial charge in [0.25, 0.3) is 0 Å². The Hall–Kier alpha value is -1.91. The van der Waals surface area contributed by atoms with Gasteiger partial charge < -0.3 is 5.32 Å². The Morgan fingerprint density at radius 1 is 1.38 bits per heavy atom. The lowest BCUT2D eigenvalue weighted by atomic mass is 10.00. The van der Waals surface area contributed by atoms with Gasteiger partial charge in [-0.05, 0) is 19.8 Å². The molecule has 0 radical (unpaired) electrons. The molecule has 1 aliphatic carbocycles. The summed E-state index contributed by atoms with van der Waals surface area (Å²) >= 11 is 0. The van der Waals surface area contributed by atoms with E-state index < -0.39 is 0 Å². The van der Waals surface area contributed by atoms with Crippen molar-refractivity contribution in [1.29, 1.82) is 0 Å². The minimum absolute atomic E-state index is 0.0563. The Kier molecular flexibility index (Phi) is 1.92. The third-order valence-electron chi connectivity index (χ3n) is 2.94. The van der Waals surface area contributed by atoms with Gasteiger partial charge in [0.1, 0.15) is 6.33 Å². The topological polar surface area (TPSA) is 55.1 Å². The molecule has 0 saturated carbocycles. The summed E-state index contributed by atoms with van der Waals surface area (Å²) < 4.78 is 1.86. The minimum Gasteiger partial charge on any atom is -0.361 e. The zero-order valence-electron chi connectivity index (χ0n) is 9.09. The zero-order chi connectivity index (χ0) is 11.0. The molecule has 1 aliphatic rings. The van der Waals surface area contributed by atoms with E-state index >= 15 is 0 Å². The highest BCUT2D eigenvalue weighted by atomic mass is 15.3. The molecule has 0 aliphatic heterocycles. The summed E-state index contributed by atoms with van der Waals surface area (Å²) in [6, 6.07) is 0. The summed E-state index contributed by atoms with van der Waals surface area (Å²) in [5.74, 6) is 0.797. The molecule has 5 heteroatoms. The second-order valence-corrected chi connectivity index (χ2v) is 4.40. The quantitative estimate of drug-likeness (QED) is 0.774. The Bertz CT molecular complexity index is 534. The van der Waals surface area contributed by atoms with Crippen LogP contribution < -0.4 is 5.32 Å². The fourth-order valence-corrected chi connectivity index (χ4v) is 2.00. The van der Waals surface area contributed by atoms with Crippen LogP contribution >= 0.6 is 0 Å². The van der Waals surface area contributed by atoms with Crippen molar-refractivity contribution >= 4 is 11.5 Å². The highest BCUT2D eigenvalue weighted by Gasteiger charge is 2.26. The Labute approximate surface area is 93.2 Å². The molecule has 16 heavy (non-hydrogen) atoms. The van der Waals surface area contributed by atoms with E-state index in [1.54, 1.807) is 12.5 Å². The minimum atomic E-state index is 0.0563. The lowest BCUT2D eigenvalue weighted by Crippen LogP contribution is -2.32. The van der Waals surface area contributed by atoms with Crippen molar-refractivity contribution in [1.82, 2.24) is 19.6 Å². The highest BCUT2D eigenvalue weighted by molar-refractivity contribution is 5.62. The first-order chi connectivity index (χ1) is 7.77. The maximum atomic E-state index is 4.33. The van der Waals surface area contributed by atoms with Crippen LogP contribution in [-0.2, 0) is 0 Å². The van der Waals surface area contributed by atoms with Gasteiger partial charge in [-0.1, -0.05) is 12.2 Å². The molecule has 0 atom stereocenters. The number of fused-ring (bicyclic) bond motifs is 1. The Balaban J connectivity index is 1.97. The molecule has 2 aromatic heterocycles. The molecule has 0 saturated heterocycles. The number of nitrogens with one attached hydrogen (secondary N) is 1. The molecule has 1 N–H and O–H groups in total. The van der Waals surface area contributed by atoms with Crippen molar-refractivity contribution in [3.63, 3.8) is 0 Å². The lowest BCUT2D eigenvalue weighted by Gasteiger charge is -2.25. The average molecular weight is 215 g/mol. The van der Waals surface area contributed by atoms with Crippen molar-refractivity contribution < 1.29 is 0 Å². The molecule has 82 valence electrons. The van der Waals surface area contributed by atoms with Gasteiger partial charge in [-0.2, -0.15) is 0 Å². The standard InChI is InChI=1S/C11H13N5/c1-11(4-2-3-5-11)14-9-10-15-13-8-16(10)7-6-12-9/h2-3,6-8H,4-5H2,1H3,(H,12,14). The van der Waals surface area contributed by atoms with E-state index in [1.807, 2.05) is 10.6 Å². The van der Waals surface area contributed by atoms with Gasteiger partial charge in [0.15, 0.2) is 5.82 Å². The van der Waals surface area contributed by atoms with Gasteiger partial charge in [-0.15, -0.1) is 10.2 Å². The number of anilines is 1. The van der Waals surface area contributed by atoms with E-state index in [-0.39, 0.29) is 5.54 Å². The second-order valence-electron chi connectivity index (χ2n) is 4.40. The lowest BCUT2D eigenvalue weighted by molar-refractivity contribution is 0.552. The Morgan fingerprint density at radius 2 is 2.19 bits per heavy atom. The maximum Gasteiger partial charge on any atom is 0.203 e. The molecule has 2 heterocycles. The molecule has 0 unspecified atom stereocenters. The fraction of sp³-hybridized carbons (Fsp3) is 0.364. The number of aromatic nitrogens is 4. The number of hydrogen-bond donors (Lipinski definition) is 1. The highest BCUT2D eigenvalue weighted by Crippen LogP contribution is 2.27. The summed E-state index contributed by atoms with van der Waals surface area (Å²) in [7, 11) is 0. The van der Waals surface area contributed by atoms with E-state index in [0.29, 0.717) is 0 Å². The third kappa shape index (κ3) is 1.44. The van der Waals surface area contributed by atoms with E-state index in [9.17, 15) is 0 Å². The van der Waals surface area contributed by atoms with Crippen molar-refractivity contribution in [3.8, 4) is 0 Å². The molecular weight excluding hydrogens is 202 g/mol. The number of rotatable bonds is 2. The van der Waals surface area contributed by atoms with E-state index in [0.717, 1.165) is 24.3 Å². The monoisotopic (exact) mass is 215 g/mol. The predicted molar refractivity (Wildman–Crippen MR) is 61.2 cm³/mol. The van der Waals surface area contributed by atoms with Crippen LogP contribution in [0.1, 0.15) is 19.8 Å². The van der Waals surface area contributed by atoms with Crippen LogP contribution in [0.5, 0.6) is 0 Å². The molecular formula is C11H13N5. The SMILES string of the molecule is CC1(Nc2nccn3cnnc23)CC=CC1. The molecule has 0 bridgehead atoms. The van der Waals surface area contributed by atoms with Crippen molar-refractivity contribution in [2.45, 2.75) is 25.3 Å². The van der Waals surface area contributed by atoms with Crippen molar-refractivity contribution in [3.05, 3.63) is 30.9 Å². The fourth-order valence-electron chi connectivity index (χ4n) is 2.00. The maximum absolute atomic E-state index is 4.33. The first-order valence-electron chi connectivity index (χ1n) is 5.34. The summed E-state index contributed by atoms with van der Waals surface area (Å²) in [6.45, 7) is 2.19. The molecule has 0 fully saturated rings. The van der Waals surface area contributed by atoms with Gasteiger partial charge in [-0.3, -0.25) is 4.40 Å². The van der Waals surface area contributed by atoms with E-state index in [1.165, 1.54) is 0 Å². The second kappa shape index (κ2) is 3.30. The third-order valence-corrected chi connectivity index (χ3v) is 2.94. The number of nitrogens with zero attached hydrogens (tertiary/aromatic N) is 4. The molecule has 3 rings (SSSR count). The Morgan fingerprint density at radius 3 is 3.00 bits per heavy atom. The van der Waals surface area contributed by atoms with Gasteiger partial charge in [0, 0.05) is 17.9 Å². The summed E-state index contributed by atoms with van der Waals surface area (Å²) in [4.78, 5) is 4.33.